The first-order valence-electron chi connectivity index (χ1n) is 11.4. The Labute approximate surface area is 195 Å². The van der Waals surface area contributed by atoms with Crippen molar-refractivity contribution in [3.8, 4) is 23.0 Å². The molecule has 2 aromatic rings. The summed E-state index contributed by atoms with van der Waals surface area (Å²) in [4.78, 5) is 15.8. The second-order valence-electron chi connectivity index (χ2n) is 8.82. The number of carbonyl (C=O) groups is 1. The molecule has 4 rings (SSSR count). The number of fused-ring (bicyclic) bond motifs is 1. The van der Waals surface area contributed by atoms with Crippen molar-refractivity contribution in [3.63, 3.8) is 0 Å². The van der Waals surface area contributed by atoms with Gasteiger partial charge in [-0.3, -0.25) is 4.79 Å². The predicted octanol–water partition coefficient (Wildman–Crippen LogP) is 4.23. The number of hydrogen-bond donors (Lipinski definition) is 1. The third-order valence-electron chi connectivity index (χ3n) is 7.22. The highest BCUT2D eigenvalue weighted by atomic mass is 16.5. The average molecular weight is 456 g/mol. The summed E-state index contributed by atoms with van der Waals surface area (Å²) < 4.78 is 22.0. The van der Waals surface area contributed by atoms with E-state index in [0.29, 0.717) is 41.5 Å². The Morgan fingerprint density at radius 2 is 1.61 bits per heavy atom. The third-order valence-corrected chi connectivity index (χ3v) is 7.22. The summed E-state index contributed by atoms with van der Waals surface area (Å²) in [6.07, 6.45) is 4.14. The molecule has 0 unspecified atom stereocenters. The van der Waals surface area contributed by atoms with E-state index in [-0.39, 0.29) is 17.9 Å². The third kappa shape index (κ3) is 4.22. The zero-order valence-corrected chi connectivity index (χ0v) is 19.8. The minimum atomic E-state index is -0.808. The lowest BCUT2D eigenvalue weighted by Gasteiger charge is -2.52. The number of carbonyl (C=O) groups excluding carboxylic acids is 1. The van der Waals surface area contributed by atoms with Crippen molar-refractivity contribution >= 4 is 5.91 Å². The Hall–Kier alpha value is -2.93. The molecule has 1 N–H and O–H groups in total. The highest BCUT2D eigenvalue weighted by Crippen LogP contribution is 2.52. The molecule has 2 aliphatic rings. The minimum absolute atomic E-state index is 0.103. The van der Waals surface area contributed by atoms with E-state index < -0.39 is 5.60 Å². The SMILES string of the molecule is COc1ccc(C(=O)N2CC[C@@]3(O)CCCC[C@@H]3[C@H]2c2cc(OC)ccc2OC)c(OC)c1. The summed E-state index contributed by atoms with van der Waals surface area (Å²) >= 11 is 0. The number of rotatable bonds is 6. The fourth-order valence-corrected chi connectivity index (χ4v) is 5.49. The van der Waals surface area contributed by atoms with E-state index in [1.165, 1.54) is 0 Å². The van der Waals surface area contributed by atoms with Crippen LogP contribution in [0.2, 0.25) is 0 Å². The van der Waals surface area contributed by atoms with Gasteiger partial charge in [0, 0.05) is 24.1 Å². The monoisotopic (exact) mass is 455 g/mol. The van der Waals surface area contributed by atoms with Gasteiger partial charge in [-0.1, -0.05) is 12.8 Å². The Balaban J connectivity index is 1.83. The van der Waals surface area contributed by atoms with Crippen molar-refractivity contribution in [3.05, 3.63) is 47.5 Å². The van der Waals surface area contributed by atoms with Gasteiger partial charge in [0.2, 0.25) is 0 Å². The van der Waals surface area contributed by atoms with Crippen LogP contribution in [0.5, 0.6) is 23.0 Å². The van der Waals surface area contributed by atoms with Crippen LogP contribution in [-0.4, -0.2) is 56.5 Å². The van der Waals surface area contributed by atoms with Gasteiger partial charge < -0.3 is 29.0 Å². The van der Waals surface area contributed by atoms with Crippen LogP contribution in [0.3, 0.4) is 0 Å². The molecule has 2 aromatic carbocycles. The van der Waals surface area contributed by atoms with Crippen molar-refractivity contribution in [1.82, 2.24) is 4.90 Å². The number of nitrogens with zero attached hydrogens (tertiary/aromatic N) is 1. The quantitative estimate of drug-likeness (QED) is 0.703. The van der Waals surface area contributed by atoms with E-state index in [9.17, 15) is 9.90 Å². The number of methoxy groups -OCH3 is 4. The van der Waals surface area contributed by atoms with Gasteiger partial charge in [-0.15, -0.1) is 0 Å². The van der Waals surface area contributed by atoms with Crippen LogP contribution in [0.15, 0.2) is 36.4 Å². The van der Waals surface area contributed by atoms with Crippen LogP contribution in [-0.2, 0) is 0 Å². The summed E-state index contributed by atoms with van der Waals surface area (Å²) in [5.74, 6) is 2.20. The van der Waals surface area contributed by atoms with Gasteiger partial charge >= 0.3 is 0 Å². The molecule has 0 radical (unpaired) electrons. The molecule has 33 heavy (non-hydrogen) atoms. The fraction of sp³-hybridized carbons (Fsp3) is 0.500. The van der Waals surface area contributed by atoms with Crippen LogP contribution >= 0.6 is 0 Å². The summed E-state index contributed by atoms with van der Waals surface area (Å²) in [5.41, 5.74) is 0.506. The number of ether oxygens (including phenoxy) is 4. The largest absolute Gasteiger partial charge is 0.497 e. The van der Waals surface area contributed by atoms with Crippen LogP contribution in [0.25, 0.3) is 0 Å². The van der Waals surface area contributed by atoms with Crippen LogP contribution in [0, 0.1) is 5.92 Å². The maximum atomic E-state index is 13.9. The van der Waals surface area contributed by atoms with Crippen LogP contribution in [0.1, 0.15) is 54.1 Å². The molecule has 1 heterocycles. The van der Waals surface area contributed by atoms with Crippen molar-refractivity contribution in [1.29, 1.82) is 0 Å². The number of hydrogen-bond acceptors (Lipinski definition) is 6. The molecule has 1 amide bonds. The first kappa shape index (κ1) is 23.2. The molecule has 0 bridgehead atoms. The number of benzene rings is 2. The number of amides is 1. The lowest BCUT2D eigenvalue weighted by molar-refractivity contribution is -0.115. The Kier molecular flexibility index (Phi) is 6.70. The maximum Gasteiger partial charge on any atom is 0.258 e. The molecule has 2 fully saturated rings. The molecular weight excluding hydrogens is 422 g/mol. The number of piperidine rings is 1. The lowest BCUT2D eigenvalue weighted by Crippen LogP contribution is -2.56. The maximum absolute atomic E-state index is 13.9. The second kappa shape index (κ2) is 9.51. The van der Waals surface area contributed by atoms with Gasteiger partial charge in [0.25, 0.3) is 5.91 Å². The van der Waals surface area contributed by atoms with E-state index in [0.717, 1.165) is 31.2 Å². The van der Waals surface area contributed by atoms with Crippen molar-refractivity contribution < 1.29 is 28.8 Å². The smallest absolute Gasteiger partial charge is 0.258 e. The van der Waals surface area contributed by atoms with E-state index in [4.69, 9.17) is 18.9 Å². The molecular formula is C26H33NO6. The highest BCUT2D eigenvalue weighted by Gasteiger charge is 2.51. The van der Waals surface area contributed by atoms with E-state index in [1.807, 2.05) is 23.1 Å². The van der Waals surface area contributed by atoms with Gasteiger partial charge in [0.1, 0.15) is 23.0 Å². The summed E-state index contributed by atoms with van der Waals surface area (Å²) in [7, 11) is 6.37. The van der Waals surface area contributed by atoms with E-state index >= 15 is 0 Å². The summed E-state index contributed by atoms with van der Waals surface area (Å²) in [5, 5.41) is 11.6. The second-order valence-corrected chi connectivity index (χ2v) is 8.82. The molecule has 0 spiro atoms. The van der Waals surface area contributed by atoms with Gasteiger partial charge in [0.15, 0.2) is 0 Å². The summed E-state index contributed by atoms with van der Waals surface area (Å²) in [6, 6.07) is 10.5. The average Bonchev–Trinajstić information content (AvgIpc) is 2.86. The molecule has 1 aliphatic heterocycles. The molecule has 178 valence electrons. The first-order valence-corrected chi connectivity index (χ1v) is 11.4. The van der Waals surface area contributed by atoms with Crippen molar-refractivity contribution in [2.75, 3.05) is 35.0 Å². The zero-order chi connectivity index (χ0) is 23.6. The predicted molar refractivity (Wildman–Crippen MR) is 124 cm³/mol. The van der Waals surface area contributed by atoms with Gasteiger partial charge in [0.05, 0.1) is 45.6 Å². The zero-order valence-electron chi connectivity index (χ0n) is 19.8. The fourth-order valence-electron chi connectivity index (χ4n) is 5.49. The summed E-state index contributed by atoms with van der Waals surface area (Å²) in [6.45, 7) is 0.437. The molecule has 7 nitrogen and oxygen atoms in total. The molecule has 1 aliphatic carbocycles. The van der Waals surface area contributed by atoms with Gasteiger partial charge in [-0.05, 0) is 49.6 Å². The van der Waals surface area contributed by atoms with Gasteiger partial charge in [-0.2, -0.15) is 0 Å². The van der Waals surface area contributed by atoms with E-state index in [2.05, 4.69) is 0 Å². The topological polar surface area (TPSA) is 77.5 Å². The van der Waals surface area contributed by atoms with Crippen LogP contribution < -0.4 is 18.9 Å². The highest BCUT2D eigenvalue weighted by molar-refractivity contribution is 5.97. The Morgan fingerprint density at radius 3 is 2.30 bits per heavy atom. The molecule has 0 aromatic heterocycles. The Bertz CT molecular complexity index is 1010. The van der Waals surface area contributed by atoms with Gasteiger partial charge in [-0.25, -0.2) is 0 Å². The molecule has 3 atom stereocenters. The normalized spacial score (nSPS) is 24.6. The van der Waals surface area contributed by atoms with Crippen LogP contribution in [0.4, 0.5) is 0 Å². The van der Waals surface area contributed by atoms with E-state index in [1.54, 1.807) is 46.6 Å². The number of aliphatic hydroxyl groups is 1. The van der Waals surface area contributed by atoms with Crippen molar-refractivity contribution in [2.24, 2.45) is 5.92 Å². The Morgan fingerprint density at radius 1 is 0.909 bits per heavy atom. The van der Waals surface area contributed by atoms with Crippen molar-refractivity contribution in [2.45, 2.75) is 43.7 Å². The first-order chi connectivity index (χ1) is 16.0. The standard InChI is InChI=1S/C26H33NO6/c1-30-17-9-11-22(32-3)20(15-17)24-21-7-5-6-12-26(21,29)13-14-27(24)25(28)19-10-8-18(31-2)16-23(19)33-4/h8-11,15-16,21,24,29H,5-7,12-14H2,1-4H3/t21-,24-,26+/m1/s1. The molecule has 1 saturated carbocycles. The number of likely N-dealkylation sites (tertiary alicyclic amines) is 1. The molecule has 1 saturated heterocycles. The lowest BCUT2D eigenvalue weighted by atomic mass is 9.66. The molecule has 7 heteroatoms. The minimum Gasteiger partial charge on any atom is -0.497 e.